The first-order chi connectivity index (χ1) is 9.47. The van der Waals surface area contributed by atoms with E-state index in [-0.39, 0.29) is 10.6 Å². The second-order valence-corrected chi connectivity index (χ2v) is 7.04. The van der Waals surface area contributed by atoms with Crippen LogP contribution in [0.4, 0.5) is 4.39 Å². The van der Waals surface area contributed by atoms with Crippen LogP contribution in [0, 0.1) is 12.7 Å². The van der Waals surface area contributed by atoms with E-state index in [9.17, 15) is 4.39 Å². The molecule has 2 nitrogen and oxygen atoms in total. The van der Waals surface area contributed by atoms with Gasteiger partial charge in [0, 0.05) is 19.6 Å². The SMILES string of the molecule is CSC1(C(N)=S)CCN(Cc2ccc(F)cc2C)CC1. The van der Waals surface area contributed by atoms with Crippen LogP contribution in [0.15, 0.2) is 18.2 Å². The third kappa shape index (κ3) is 3.32. The van der Waals surface area contributed by atoms with E-state index in [1.165, 1.54) is 11.6 Å². The number of piperidine rings is 1. The van der Waals surface area contributed by atoms with E-state index in [0.29, 0.717) is 4.99 Å². The topological polar surface area (TPSA) is 29.3 Å². The Hall–Kier alpha value is -0.650. The number of benzene rings is 1. The van der Waals surface area contributed by atoms with Gasteiger partial charge in [-0.05, 0) is 49.3 Å². The molecule has 1 heterocycles. The molecule has 0 saturated carbocycles. The fourth-order valence-electron chi connectivity index (χ4n) is 2.70. The van der Waals surface area contributed by atoms with Crippen molar-refractivity contribution in [1.29, 1.82) is 0 Å². The molecule has 0 aliphatic carbocycles. The van der Waals surface area contributed by atoms with Crippen LogP contribution >= 0.6 is 24.0 Å². The first kappa shape index (κ1) is 15.7. The zero-order valence-electron chi connectivity index (χ0n) is 12.0. The average Bonchev–Trinajstić information content (AvgIpc) is 2.42. The molecule has 110 valence electrons. The summed E-state index contributed by atoms with van der Waals surface area (Å²) in [5.74, 6) is -0.167. The quantitative estimate of drug-likeness (QED) is 0.865. The molecule has 0 bridgehead atoms. The highest BCUT2D eigenvalue weighted by Gasteiger charge is 2.36. The molecule has 2 rings (SSSR count). The number of thiocarbonyl (C=S) groups is 1. The van der Waals surface area contributed by atoms with Crippen LogP contribution in [0.3, 0.4) is 0 Å². The van der Waals surface area contributed by atoms with Gasteiger partial charge >= 0.3 is 0 Å². The van der Waals surface area contributed by atoms with Gasteiger partial charge in [0.05, 0.1) is 9.74 Å². The van der Waals surface area contributed by atoms with E-state index in [1.807, 2.05) is 13.0 Å². The molecule has 5 heteroatoms. The maximum Gasteiger partial charge on any atom is 0.123 e. The van der Waals surface area contributed by atoms with Gasteiger partial charge in [0.1, 0.15) is 5.82 Å². The Morgan fingerprint density at radius 3 is 2.60 bits per heavy atom. The summed E-state index contributed by atoms with van der Waals surface area (Å²) in [6.45, 7) is 4.79. The van der Waals surface area contributed by atoms with Crippen molar-refractivity contribution in [2.45, 2.75) is 31.1 Å². The van der Waals surface area contributed by atoms with Crippen molar-refractivity contribution < 1.29 is 4.39 Å². The highest BCUT2D eigenvalue weighted by Crippen LogP contribution is 2.35. The molecule has 2 N–H and O–H groups in total. The zero-order valence-corrected chi connectivity index (χ0v) is 13.6. The van der Waals surface area contributed by atoms with Gasteiger partial charge in [-0.3, -0.25) is 4.90 Å². The Morgan fingerprint density at radius 1 is 1.45 bits per heavy atom. The molecule has 1 fully saturated rings. The average molecular weight is 312 g/mol. The van der Waals surface area contributed by atoms with Gasteiger partial charge in [-0.15, -0.1) is 0 Å². The van der Waals surface area contributed by atoms with Gasteiger partial charge in [-0.1, -0.05) is 18.3 Å². The van der Waals surface area contributed by atoms with E-state index in [0.717, 1.165) is 38.0 Å². The summed E-state index contributed by atoms with van der Waals surface area (Å²) in [5, 5.41) is 0. The molecule has 0 spiro atoms. The highest BCUT2D eigenvalue weighted by molar-refractivity contribution is 8.02. The molecule has 1 aromatic rings. The van der Waals surface area contributed by atoms with Crippen molar-refractivity contribution in [3.63, 3.8) is 0 Å². The predicted molar refractivity (Wildman–Crippen MR) is 88.7 cm³/mol. The minimum absolute atomic E-state index is 0.0380. The fourth-order valence-corrected chi connectivity index (χ4v) is 3.95. The Morgan fingerprint density at radius 2 is 2.10 bits per heavy atom. The van der Waals surface area contributed by atoms with E-state index in [4.69, 9.17) is 18.0 Å². The van der Waals surface area contributed by atoms with Crippen molar-refractivity contribution in [1.82, 2.24) is 4.90 Å². The number of halogens is 1. The molecule has 20 heavy (non-hydrogen) atoms. The third-order valence-corrected chi connectivity index (χ3v) is 6.13. The Bertz CT molecular complexity index is 497. The van der Waals surface area contributed by atoms with Crippen molar-refractivity contribution >= 4 is 29.0 Å². The molecule has 0 aromatic heterocycles. The molecular formula is C15H21FN2S2. The lowest BCUT2D eigenvalue weighted by atomic mass is 9.95. The molecule has 1 aliphatic heterocycles. The van der Waals surface area contributed by atoms with E-state index >= 15 is 0 Å². The van der Waals surface area contributed by atoms with Crippen LogP contribution in [0.1, 0.15) is 24.0 Å². The largest absolute Gasteiger partial charge is 0.392 e. The molecular weight excluding hydrogens is 291 g/mol. The number of hydrogen-bond acceptors (Lipinski definition) is 3. The van der Waals surface area contributed by atoms with E-state index < -0.39 is 0 Å². The van der Waals surface area contributed by atoms with Gasteiger partial charge in [0.15, 0.2) is 0 Å². The molecule has 0 amide bonds. The normalized spacial score (nSPS) is 18.9. The maximum absolute atomic E-state index is 13.1. The number of thioether (sulfide) groups is 1. The lowest BCUT2D eigenvalue weighted by molar-refractivity contribution is 0.212. The summed E-state index contributed by atoms with van der Waals surface area (Å²) < 4.78 is 13.1. The van der Waals surface area contributed by atoms with Crippen LogP contribution in [0.2, 0.25) is 0 Å². The first-order valence-corrected chi connectivity index (χ1v) is 8.42. The van der Waals surface area contributed by atoms with E-state index in [1.54, 1.807) is 17.8 Å². The second kappa shape index (κ2) is 6.41. The lowest BCUT2D eigenvalue weighted by Crippen LogP contribution is -2.49. The Kier molecular flexibility index (Phi) is 5.04. The highest BCUT2D eigenvalue weighted by atomic mass is 32.2. The summed E-state index contributed by atoms with van der Waals surface area (Å²) in [6.07, 6.45) is 4.06. The summed E-state index contributed by atoms with van der Waals surface area (Å²) in [5.41, 5.74) is 8.11. The molecule has 0 unspecified atom stereocenters. The zero-order chi connectivity index (χ0) is 14.8. The number of nitrogens with two attached hydrogens (primary N) is 1. The minimum Gasteiger partial charge on any atom is -0.392 e. The maximum atomic E-state index is 13.1. The number of likely N-dealkylation sites (tertiary alicyclic amines) is 1. The summed E-state index contributed by atoms with van der Waals surface area (Å²) >= 11 is 7.00. The molecule has 0 atom stereocenters. The van der Waals surface area contributed by atoms with Crippen LogP contribution in [0.25, 0.3) is 0 Å². The van der Waals surface area contributed by atoms with Crippen LogP contribution in [-0.2, 0) is 6.54 Å². The first-order valence-electron chi connectivity index (χ1n) is 6.79. The molecule has 1 aliphatic rings. The third-order valence-electron chi connectivity index (χ3n) is 4.20. The summed E-state index contributed by atoms with van der Waals surface area (Å²) in [7, 11) is 0. The van der Waals surface area contributed by atoms with Crippen LogP contribution in [-0.4, -0.2) is 34.0 Å². The van der Waals surface area contributed by atoms with Gasteiger partial charge < -0.3 is 5.73 Å². The van der Waals surface area contributed by atoms with Gasteiger partial charge in [-0.2, -0.15) is 11.8 Å². The number of aryl methyl sites for hydroxylation is 1. The minimum atomic E-state index is -0.167. The van der Waals surface area contributed by atoms with Crippen LogP contribution in [0.5, 0.6) is 0 Å². The summed E-state index contributed by atoms with van der Waals surface area (Å²) in [6, 6.07) is 5.02. The Balaban J connectivity index is 1.99. The van der Waals surface area contributed by atoms with Crippen LogP contribution < -0.4 is 5.73 Å². The Labute approximate surface area is 129 Å². The molecule has 0 radical (unpaired) electrons. The van der Waals surface area contributed by atoms with Crippen molar-refractivity contribution in [3.8, 4) is 0 Å². The van der Waals surface area contributed by atoms with E-state index in [2.05, 4.69) is 11.2 Å². The van der Waals surface area contributed by atoms with Gasteiger partial charge in [0.25, 0.3) is 0 Å². The fraction of sp³-hybridized carbons (Fsp3) is 0.533. The van der Waals surface area contributed by atoms with Crippen molar-refractivity contribution in [2.24, 2.45) is 5.73 Å². The van der Waals surface area contributed by atoms with Crippen molar-refractivity contribution in [2.75, 3.05) is 19.3 Å². The number of hydrogen-bond donors (Lipinski definition) is 1. The summed E-state index contributed by atoms with van der Waals surface area (Å²) in [4.78, 5) is 3.02. The molecule has 1 aromatic carbocycles. The lowest BCUT2D eigenvalue weighted by Gasteiger charge is -2.40. The monoisotopic (exact) mass is 312 g/mol. The smallest absolute Gasteiger partial charge is 0.123 e. The van der Waals surface area contributed by atoms with Crippen molar-refractivity contribution in [3.05, 3.63) is 35.1 Å². The molecule has 1 saturated heterocycles. The predicted octanol–water partition coefficient (Wildman–Crippen LogP) is 3.12. The van der Waals surface area contributed by atoms with Gasteiger partial charge in [0.2, 0.25) is 0 Å². The number of rotatable bonds is 4. The number of nitrogens with zero attached hydrogens (tertiary/aromatic N) is 1. The standard InChI is InChI=1S/C15H21FN2S2/c1-11-9-13(16)4-3-12(11)10-18-7-5-15(20-2,6-8-18)14(17)19/h3-4,9H,5-8,10H2,1-2H3,(H2,17,19). The second-order valence-electron chi connectivity index (χ2n) is 5.41. The van der Waals surface area contributed by atoms with Gasteiger partial charge in [-0.25, -0.2) is 4.39 Å².